The lowest BCUT2D eigenvalue weighted by Gasteiger charge is -2.13. The molecule has 0 saturated carbocycles. The molecule has 0 radical (unpaired) electrons. The van der Waals surface area contributed by atoms with Gasteiger partial charge in [0.2, 0.25) is 0 Å². The molecule has 2 aromatic carbocycles. The summed E-state index contributed by atoms with van der Waals surface area (Å²) in [7, 11) is 0. The molecule has 0 aromatic heterocycles. The number of rotatable bonds is 6. The Hall–Kier alpha value is -1.19. The number of allylic oxidation sites excluding steroid dienone is 1. The van der Waals surface area contributed by atoms with Gasteiger partial charge in [-0.3, -0.25) is 4.79 Å². The summed E-state index contributed by atoms with van der Waals surface area (Å²) < 4.78 is 2.07. The maximum atomic E-state index is 12.2. The highest BCUT2D eigenvalue weighted by molar-refractivity contribution is 9.10. The Morgan fingerprint density at radius 3 is 2.41 bits per heavy atom. The van der Waals surface area contributed by atoms with Crippen LogP contribution in [0.3, 0.4) is 0 Å². The number of halogens is 2. The third kappa shape index (κ3) is 5.22. The minimum absolute atomic E-state index is 0.159. The summed E-state index contributed by atoms with van der Waals surface area (Å²) in [5, 5.41) is 0. The van der Waals surface area contributed by atoms with Crippen LogP contribution in [0.25, 0.3) is 6.08 Å². The zero-order valence-corrected chi connectivity index (χ0v) is 15.6. The van der Waals surface area contributed by atoms with E-state index in [1.54, 1.807) is 6.08 Å². The van der Waals surface area contributed by atoms with Gasteiger partial charge in [-0.1, -0.05) is 69.1 Å². The zero-order valence-electron chi connectivity index (χ0n) is 12.4. The first-order chi connectivity index (χ1) is 10.6. The van der Waals surface area contributed by atoms with Gasteiger partial charge in [-0.05, 0) is 53.8 Å². The summed E-state index contributed by atoms with van der Waals surface area (Å²) in [5.74, 6) is 0.420. The van der Waals surface area contributed by atoms with Gasteiger partial charge in [0.1, 0.15) is 0 Å². The van der Waals surface area contributed by atoms with Crippen LogP contribution in [0.4, 0.5) is 0 Å². The topological polar surface area (TPSA) is 17.1 Å². The van der Waals surface area contributed by atoms with E-state index in [0.29, 0.717) is 6.42 Å². The monoisotopic (exact) mass is 420 g/mol. The fraction of sp³-hybridized carbons (Fsp3) is 0.211. The fourth-order valence-electron chi connectivity index (χ4n) is 2.37. The highest BCUT2D eigenvalue weighted by atomic mass is 79.9. The molecule has 0 aliphatic carbocycles. The molecule has 0 aliphatic heterocycles. The van der Waals surface area contributed by atoms with Gasteiger partial charge in [-0.15, -0.1) is 0 Å². The molecule has 1 atom stereocenters. The average molecular weight is 422 g/mol. The molecule has 2 rings (SSSR count). The van der Waals surface area contributed by atoms with E-state index in [2.05, 4.69) is 50.9 Å². The average Bonchev–Trinajstić information content (AvgIpc) is 2.50. The second-order valence-corrected chi connectivity index (χ2v) is 7.05. The second-order valence-electron chi connectivity index (χ2n) is 5.22. The van der Waals surface area contributed by atoms with Gasteiger partial charge in [-0.2, -0.15) is 0 Å². The maximum Gasteiger partial charge on any atom is 0.156 e. The molecular formula is C19H18Br2O. The van der Waals surface area contributed by atoms with Gasteiger partial charge in [0.25, 0.3) is 0 Å². The van der Waals surface area contributed by atoms with Crippen molar-refractivity contribution in [3.63, 3.8) is 0 Å². The number of hydrogen-bond donors (Lipinski definition) is 0. The zero-order chi connectivity index (χ0) is 15.9. The third-order valence-corrected chi connectivity index (χ3v) is 4.56. The molecule has 0 fully saturated rings. The normalized spacial score (nSPS) is 12.5. The Kier molecular flexibility index (Phi) is 6.59. The van der Waals surface area contributed by atoms with Gasteiger partial charge in [0.05, 0.1) is 0 Å². The van der Waals surface area contributed by atoms with Crippen molar-refractivity contribution in [2.45, 2.75) is 25.7 Å². The van der Waals surface area contributed by atoms with Crippen LogP contribution < -0.4 is 0 Å². The van der Waals surface area contributed by atoms with Crippen LogP contribution in [0.1, 0.15) is 36.8 Å². The Balaban J connectivity index is 2.03. The van der Waals surface area contributed by atoms with Gasteiger partial charge in [0.15, 0.2) is 5.78 Å². The van der Waals surface area contributed by atoms with E-state index >= 15 is 0 Å². The van der Waals surface area contributed by atoms with Crippen LogP contribution in [-0.2, 0) is 4.79 Å². The smallest absolute Gasteiger partial charge is 0.156 e. The highest BCUT2D eigenvalue weighted by Crippen LogP contribution is 2.26. The molecule has 0 N–H and O–H groups in total. The van der Waals surface area contributed by atoms with E-state index in [9.17, 15) is 4.79 Å². The van der Waals surface area contributed by atoms with E-state index in [1.165, 1.54) is 5.56 Å². The predicted molar refractivity (Wildman–Crippen MR) is 100.0 cm³/mol. The largest absolute Gasteiger partial charge is 0.295 e. The Morgan fingerprint density at radius 1 is 1.09 bits per heavy atom. The van der Waals surface area contributed by atoms with Crippen LogP contribution in [0, 0.1) is 0 Å². The summed E-state index contributed by atoms with van der Waals surface area (Å²) in [6, 6.07) is 16.1. The Labute approximate surface area is 148 Å². The molecule has 2 aromatic rings. The summed E-state index contributed by atoms with van der Waals surface area (Å²) in [5.41, 5.74) is 2.24. The predicted octanol–water partition coefficient (Wildman–Crippen LogP) is 6.38. The molecule has 0 amide bonds. The third-order valence-electron chi connectivity index (χ3n) is 3.57. The van der Waals surface area contributed by atoms with E-state index in [1.807, 2.05) is 42.5 Å². The quantitative estimate of drug-likeness (QED) is 0.494. The van der Waals surface area contributed by atoms with Crippen LogP contribution in [0.5, 0.6) is 0 Å². The number of carbonyl (C=O) groups excluding carboxylic acids is 1. The molecule has 0 heterocycles. The summed E-state index contributed by atoms with van der Waals surface area (Å²) in [6.07, 6.45) is 5.05. The van der Waals surface area contributed by atoms with Crippen molar-refractivity contribution in [1.29, 1.82) is 0 Å². The molecule has 0 aliphatic rings. The molecule has 22 heavy (non-hydrogen) atoms. The van der Waals surface area contributed by atoms with Crippen LogP contribution in [-0.4, -0.2) is 5.78 Å². The molecule has 1 nitrogen and oxygen atoms in total. The lowest BCUT2D eigenvalue weighted by atomic mass is 9.91. The Morgan fingerprint density at radius 2 is 1.77 bits per heavy atom. The number of hydrogen-bond acceptors (Lipinski definition) is 1. The standard InChI is InChI=1S/C19H18Br2O/c1-2-15(16-6-4-8-18(21)12-16)13-19(22)10-9-14-5-3-7-17(20)11-14/h3-12,15H,2,13H2,1H3/b10-9+/t15-/m0/s1. The maximum absolute atomic E-state index is 12.2. The van der Waals surface area contributed by atoms with Crippen LogP contribution in [0.15, 0.2) is 63.6 Å². The molecule has 0 saturated heterocycles. The van der Waals surface area contributed by atoms with Crippen molar-refractivity contribution in [3.05, 3.63) is 74.7 Å². The van der Waals surface area contributed by atoms with E-state index in [0.717, 1.165) is 20.9 Å². The SMILES string of the molecule is CC[C@@H](CC(=O)/C=C/c1cccc(Br)c1)c1cccc(Br)c1. The summed E-state index contributed by atoms with van der Waals surface area (Å²) in [4.78, 5) is 12.2. The van der Waals surface area contributed by atoms with E-state index in [-0.39, 0.29) is 11.7 Å². The highest BCUT2D eigenvalue weighted by Gasteiger charge is 2.13. The van der Waals surface area contributed by atoms with Crippen LogP contribution >= 0.6 is 31.9 Å². The molecule has 0 spiro atoms. The molecule has 114 valence electrons. The Bertz CT molecular complexity index is 677. The van der Waals surface area contributed by atoms with Gasteiger partial charge >= 0.3 is 0 Å². The van der Waals surface area contributed by atoms with Crippen LogP contribution in [0.2, 0.25) is 0 Å². The number of benzene rings is 2. The first-order valence-corrected chi connectivity index (χ1v) is 8.89. The number of ketones is 1. The van der Waals surface area contributed by atoms with Crippen molar-refractivity contribution in [2.24, 2.45) is 0 Å². The van der Waals surface area contributed by atoms with Crippen molar-refractivity contribution >= 4 is 43.7 Å². The molecular weight excluding hydrogens is 404 g/mol. The first-order valence-electron chi connectivity index (χ1n) is 7.30. The molecule has 0 bridgehead atoms. The fourth-order valence-corrected chi connectivity index (χ4v) is 3.20. The van der Waals surface area contributed by atoms with Crippen molar-refractivity contribution in [2.75, 3.05) is 0 Å². The molecule has 3 heteroatoms. The van der Waals surface area contributed by atoms with E-state index in [4.69, 9.17) is 0 Å². The second kappa shape index (κ2) is 8.44. The van der Waals surface area contributed by atoms with Crippen molar-refractivity contribution < 1.29 is 4.79 Å². The van der Waals surface area contributed by atoms with Gasteiger partial charge < -0.3 is 0 Å². The lowest BCUT2D eigenvalue weighted by Crippen LogP contribution is -2.04. The van der Waals surface area contributed by atoms with Crippen molar-refractivity contribution in [3.8, 4) is 0 Å². The minimum atomic E-state index is 0.159. The summed E-state index contributed by atoms with van der Waals surface area (Å²) in [6.45, 7) is 2.12. The number of carbonyl (C=O) groups is 1. The molecule has 0 unspecified atom stereocenters. The van der Waals surface area contributed by atoms with E-state index < -0.39 is 0 Å². The van der Waals surface area contributed by atoms with Gasteiger partial charge in [-0.25, -0.2) is 0 Å². The minimum Gasteiger partial charge on any atom is -0.295 e. The first kappa shape index (κ1) is 17.2. The lowest BCUT2D eigenvalue weighted by molar-refractivity contribution is -0.114. The summed E-state index contributed by atoms with van der Waals surface area (Å²) >= 11 is 6.93. The van der Waals surface area contributed by atoms with Crippen molar-refractivity contribution in [1.82, 2.24) is 0 Å². The van der Waals surface area contributed by atoms with Gasteiger partial charge in [0, 0.05) is 15.4 Å².